The number of carboxylic acid groups (broad SMARTS) is 1. The van der Waals surface area contributed by atoms with E-state index in [-0.39, 0.29) is 29.6 Å². The Morgan fingerprint density at radius 3 is 2.75 bits per heavy atom. The summed E-state index contributed by atoms with van der Waals surface area (Å²) < 4.78 is 0. The van der Waals surface area contributed by atoms with Crippen LogP contribution in [0.1, 0.15) is 43.3 Å². The van der Waals surface area contributed by atoms with E-state index in [0.29, 0.717) is 10.6 Å². The zero-order valence-electron chi connectivity index (χ0n) is 10.5. The number of aromatic amines is 1. The SMILES string of the molecule is CC(=O)c1c[nH]c(C(=O)NCc2nc(C(=O)O)cs2)c1. The van der Waals surface area contributed by atoms with Crippen LogP contribution in [0.5, 0.6) is 0 Å². The lowest BCUT2D eigenvalue weighted by Crippen LogP contribution is -2.23. The smallest absolute Gasteiger partial charge is 0.355 e. The molecule has 0 aliphatic heterocycles. The summed E-state index contributed by atoms with van der Waals surface area (Å²) in [6.45, 7) is 1.54. The number of carbonyl (C=O) groups is 3. The van der Waals surface area contributed by atoms with Crippen molar-refractivity contribution < 1.29 is 19.5 Å². The van der Waals surface area contributed by atoms with Crippen LogP contribution in [0, 0.1) is 0 Å². The Morgan fingerprint density at radius 2 is 2.20 bits per heavy atom. The van der Waals surface area contributed by atoms with Gasteiger partial charge in [0.15, 0.2) is 11.5 Å². The predicted octanol–water partition coefficient (Wildman–Crippen LogP) is 1.30. The normalized spacial score (nSPS) is 10.2. The second-order valence-electron chi connectivity index (χ2n) is 3.97. The highest BCUT2D eigenvalue weighted by Crippen LogP contribution is 2.10. The molecule has 0 saturated heterocycles. The van der Waals surface area contributed by atoms with E-state index in [9.17, 15) is 14.4 Å². The van der Waals surface area contributed by atoms with Crippen LogP contribution < -0.4 is 5.32 Å². The molecule has 0 radical (unpaired) electrons. The van der Waals surface area contributed by atoms with Gasteiger partial charge in [-0.05, 0) is 13.0 Å². The molecule has 0 saturated carbocycles. The lowest BCUT2D eigenvalue weighted by Gasteiger charge is -2.00. The van der Waals surface area contributed by atoms with Gasteiger partial charge in [0.2, 0.25) is 0 Å². The molecule has 7 nitrogen and oxygen atoms in total. The van der Waals surface area contributed by atoms with Gasteiger partial charge in [-0.2, -0.15) is 0 Å². The molecule has 0 atom stereocenters. The highest BCUT2D eigenvalue weighted by molar-refractivity contribution is 7.09. The first-order valence-electron chi connectivity index (χ1n) is 5.62. The molecule has 2 aromatic heterocycles. The molecule has 8 heteroatoms. The third kappa shape index (κ3) is 3.09. The van der Waals surface area contributed by atoms with Crippen LogP contribution in [-0.2, 0) is 6.54 Å². The third-order valence-electron chi connectivity index (χ3n) is 2.51. The summed E-state index contributed by atoms with van der Waals surface area (Å²) in [5.74, 6) is -1.62. The predicted molar refractivity (Wildman–Crippen MR) is 71.0 cm³/mol. The number of amides is 1. The van der Waals surface area contributed by atoms with Crippen LogP contribution in [-0.4, -0.2) is 32.7 Å². The summed E-state index contributed by atoms with van der Waals surface area (Å²) >= 11 is 1.15. The molecule has 2 heterocycles. The number of nitrogens with one attached hydrogen (secondary N) is 2. The van der Waals surface area contributed by atoms with E-state index in [1.165, 1.54) is 24.6 Å². The van der Waals surface area contributed by atoms with E-state index in [1.807, 2.05) is 0 Å². The third-order valence-corrected chi connectivity index (χ3v) is 3.35. The molecule has 0 bridgehead atoms. The number of aromatic carboxylic acids is 1. The minimum Gasteiger partial charge on any atom is -0.476 e. The van der Waals surface area contributed by atoms with Gasteiger partial charge in [0.25, 0.3) is 5.91 Å². The number of Topliss-reactive ketones (excluding diaryl/α,β-unsaturated/α-hetero) is 1. The fraction of sp³-hybridized carbons (Fsp3) is 0.167. The van der Waals surface area contributed by atoms with Gasteiger partial charge in [0.05, 0.1) is 6.54 Å². The largest absolute Gasteiger partial charge is 0.476 e. The molecular formula is C12H11N3O4S. The van der Waals surface area contributed by atoms with Gasteiger partial charge in [-0.3, -0.25) is 9.59 Å². The monoisotopic (exact) mass is 293 g/mol. The van der Waals surface area contributed by atoms with Gasteiger partial charge in [0.1, 0.15) is 10.7 Å². The Labute approximate surface area is 117 Å². The first-order chi connectivity index (χ1) is 9.47. The fourth-order valence-corrected chi connectivity index (χ4v) is 2.18. The highest BCUT2D eigenvalue weighted by Gasteiger charge is 2.12. The maximum absolute atomic E-state index is 11.8. The maximum atomic E-state index is 11.8. The van der Waals surface area contributed by atoms with E-state index >= 15 is 0 Å². The highest BCUT2D eigenvalue weighted by atomic mass is 32.1. The number of hydrogen-bond acceptors (Lipinski definition) is 5. The first-order valence-corrected chi connectivity index (χ1v) is 6.50. The van der Waals surface area contributed by atoms with Crippen LogP contribution in [0.4, 0.5) is 0 Å². The molecule has 0 fully saturated rings. The first kappa shape index (κ1) is 13.9. The van der Waals surface area contributed by atoms with Crippen molar-refractivity contribution in [1.29, 1.82) is 0 Å². The van der Waals surface area contributed by atoms with E-state index < -0.39 is 5.97 Å². The second-order valence-corrected chi connectivity index (χ2v) is 4.92. The van der Waals surface area contributed by atoms with Crippen LogP contribution in [0.25, 0.3) is 0 Å². The Kier molecular flexibility index (Phi) is 3.94. The van der Waals surface area contributed by atoms with Crippen molar-refractivity contribution in [1.82, 2.24) is 15.3 Å². The lowest BCUT2D eigenvalue weighted by atomic mass is 10.2. The zero-order valence-corrected chi connectivity index (χ0v) is 11.3. The molecule has 1 amide bonds. The molecular weight excluding hydrogens is 282 g/mol. The Bertz CT molecular complexity index is 674. The number of nitrogens with zero attached hydrogens (tertiary/aromatic N) is 1. The molecule has 0 aliphatic rings. The summed E-state index contributed by atoms with van der Waals surface area (Å²) in [7, 11) is 0. The van der Waals surface area contributed by atoms with Crippen molar-refractivity contribution >= 4 is 29.0 Å². The van der Waals surface area contributed by atoms with Gasteiger partial charge >= 0.3 is 5.97 Å². The molecule has 3 N–H and O–H groups in total. The molecule has 0 aromatic carbocycles. The van der Waals surface area contributed by atoms with E-state index in [2.05, 4.69) is 15.3 Å². The topological polar surface area (TPSA) is 112 Å². The van der Waals surface area contributed by atoms with Crippen LogP contribution in [0.3, 0.4) is 0 Å². The summed E-state index contributed by atoms with van der Waals surface area (Å²) in [6.07, 6.45) is 1.46. The molecule has 2 rings (SSSR count). The number of carboxylic acids is 1. The lowest BCUT2D eigenvalue weighted by molar-refractivity contribution is 0.0690. The minimum atomic E-state index is -1.10. The number of carbonyl (C=O) groups excluding carboxylic acids is 2. The summed E-state index contributed by atoms with van der Waals surface area (Å²) in [5, 5.41) is 13.2. The Morgan fingerprint density at radius 1 is 1.45 bits per heavy atom. The Hall–Kier alpha value is -2.48. The quantitative estimate of drug-likeness (QED) is 0.719. The van der Waals surface area contributed by atoms with Crippen molar-refractivity contribution in [2.45, 2.75) is 13.5 Å². The summed E-state index contributed by atoms with van der Waals surface area (Å²) in [6, 6.07) is 1.46. The van der Waals surface area contributed by atoms with Crippen molar-refractivity contribution in [3.8, 4) is 0 Å². The van der Waals surface area contributed by atoms with E-state index in [0.717, 1.165) is 11.3 Å². The number of rotatable bonds is 5. The van der Waals surface area contributed by atoms with Gasteiger partial charge in [-0.15, -0.1) is 11.3 Å². The molecule has 20 heavy (non-hydrogen) atoms. The van der Waals surface area contributed by atoms with Crippen LogP contribution >= 0.6 is 11.3 Å². The number of aromatic nitrogens is 2. The number of hydrogen-bond donors (Lipinski definition) is 3. The van der Waals surface area contributed by atoms with Gasteiger partial charge in [0, 0.05) is 17.1 Å². The molecule has 0 unspecified atom stereocenters. The average Bonchev–Trinajstić information content (AvgIpc) is 3.05. The fourth-order valence-electron chi connectivity index (χ4n) is 1.47. The van der Waals surface area contributed by atoms with Crippen LogP contribution in [0.15, 0.2) is 17.6 Å². The number of H-pyrrole nitrogens is 1. The molecule has 0 aliphatic carbocycles. The van der Waals surface area contributed by atoms with E-state index in [4.69, 9.17) is 5.11 Å². The minimum absolute atomic E-state index is 0.0435. The molecule has 0 spiro atoms. The summed E-state index contributed by atoms with van der Waals surface area (Å²) in [5.41, 5.74) is 0.653. The van der Waals surface area contributed by atoms with Crippen molar-refractivity contribution in [2.24, 2.45) is 0 Å². The van der Waals surface area contributed by atoms with Crippen molar-refractivity contribution in [2.75, 3.05) is 0 Å². The molecule has 104 valence electrons. The summed E-state index contributed by atoms with van der Waals surface area (Å²) in [4.78, 5) is 40.1. The van der Waals surface area contributed by atoms with Gasteiger partial charge in [-0.25, -0.2) is 9.78 Å². The Balaban J connectivity index is 1.97. The average molecular weight is 293 g/mol. The zero-order chi connectivity index (χ0) is 14.7. The maximum Gasteiger partial charge on any atom is 0.355 e. The second kappa shape index (κ2) is 5.66. The van der Waals surface area contributed by atoms with Gasteiger partial charge in [-0.1, -0.05) is 0 Å². The van der Waals surface area contributed by atoms with E-state index in [1.54, 1.807) is 0 Å². The molecule has 2 aromatic rings. The number of thiazole rings is 1. The van der Waals surface area contributed by atoms with Gasteiger partial charge < -0.3 is 15.4 Å². The van der Waals surface area contributed by atoms with Crippen molar-refractivity contribution in [3.63, 3.8) is 0 Å². The van der Waals surface area contributed by atoms with Crippen molar-refractivity contribution in [3.05, 3.63) is 39.6 Å². The van der Waals surface area contributed by atoms with Crippen LogP contribution in [0.2, 0.25) is 0 Å². The number of ketones is 1. The standard InChI is InChI=1S/C12H11N3O4S/c1-6(16)7-2-8(13-3-7)11(17)14-4-10-15-9(5-20-10)12(18)19/h2-3,5,13H,4H2,1H3,(H,14,17)(H,18,19).